The van der Waals surface area contributed by atoms with Crippen LogP contribution in [0, 0.1) is 31.1 Å². The van der Waals surface area contributed by atoms with Gasteiger partial charge in [-0.3, -0.25) is 14.6 Å². The van der Waals surface area contributed by atoms with E-state index >= 15 is 0 Å². The van der Waals surface area contributed by atoms with Gasteiger partial charge in [0, 0.05) is 43.9 Å². The van der Waals surface area contributed by atoms with Gasteiger partial charge in [-0.1, -0.05) is 42.5 Å². The number of β-amino-alcohol motifs (C(OH)–C–C–N with tert-alkyl or cyclic N) is 1. The molecule has 9 nitrogen and oxygen atoms in total. The number of ether oxygens (including phenoxy) is 1. The van der Waals surface area contributed by atoms with Gasteiger partial charge in [0.05, 0.1) is 30.3 Å². The molecule has 0 bridgehead atoms. The Kier molecular flexibility index (Phi) is 10.5. The summed E-state index contributed by atoms with van der Waals surface area (Å²) in [5, 5.41) is 29.3. The average molecular weight is 751 g/mol. The Bertz CT molecular complexity index is 2340. The third kappa shape index (κ3) is 7.87. The second kappa shape index (κ2) is 15.3. The molecule has 0 amide bonds. The van der Waals surface area contributed by atoms with Gasteiger partial charge in [0.25, 0.3) is 0 Å². The fourth-order valence-corrected chi connectivity index (χ4v) is 7.82. The molecule has 7 rings (SSSR count). The number of aromatic nitrogens is 1. The van der Waals surface area contributed by atoms with Crippen molar-refractivity contribution in [3.63, 3.8) is 0 Å². The molecule has 2 aliphatic heterocycles. The van der Waals surface area contributed by atoms with E-state index in [0.29, 0.717) is 59.9 Å². The van der Waals surface area contributed by atoms with Crippen LogP contribution in [0.3, 0.4) is 0 Å². The Hall–Kier alpha value is -5.48. The summed E-state index contributed by atoms with van der Waals surface area (Å²) in [5.74, 6) is -0.780. The first-order valence-electron chi connectivity index (χ1n) is 18.2. The van der Waals surface area contributed by atoms with Crippen molar-refractivity contribution in [2.45, 2.75) is 52.1 Å². The average Bonchev–Trinajstić information content (AvgIpc) is 3.91. The molecule has 0 spiro atoms. The summed E-state index contributed by atoms with van der Waals surface area (Å²) < 4.78 is 55.2. The highest BCUT2D eigenvalue weighted by Gasteiger charge is 2.35. The summed E-state index contributed by atoms with van der Waals surface area (Å²) >= 11 is 0. The van der Waals surface area contributed by atoms with Crippen molar-refractivity contribution >= 4 is 29.2 Å². The number of methoxy groups -OCH3 is 1. The molecule has 5 aromatic rings. The number of benzene rings is 4. The summed E-state index contributed by atoms with van der Waals surface area (Å²) in [7, 11) is 1.41. The Morgan fingerprint density at radius 1 is 0.964 bits per heavy atom. The highest BCUT2D eigenvalue weighted by Crippen LogP contribution is 2.39. The van der Waals surface area contributed by atoms with Crippen molar-refractivity contribution < 1.29 is 37.3 Å². The van der Waals surface area contributed by atoms with Crippen molar-refractivity contribution in [1.82, 2.24) is 14.8 Å². The van der Waals surface area contributed by atoms with Crippen LogP contribution in [0.25, 0.3) is 45.8 Å². The highest BCUT2D eigenvalue weighted by atomic mass is 19.4. The lowest BCUT2D eigenvalue weighted by Gasteiger charge is -2.20. The van der Waals surface area contributed by atoms with Crippen LogP contribution < -0.4 is 4.74 Å². The number of aliphatic hydroxyl groups is 1. The molecular formula is C43H41F3N4O5. The fraction of sp³-hybridized carbons (Fsp3) is 0.326. The number of carbonyl (C=O) groups is 1. The Morgan fingerprint density at radius 3 is 2.33 bits per heavy atom. The lowest BCUT2D eigenvalue weighted by Crippen LogP contribution is -2.23. The Morgan fingerprint density at radius 2 is 1.65 bits per heavy atom. The zero-order valence-corrected chi connectivity index (χ0v) is 30.8. The number of oxazole rings is 1. The van der Waals surface area contributed by atoms with Gasteiger partial charge < -0.3 is 19.4 Å². The second-order valence-electron chi connectivity index (χ2n) is 14.4. The zero-order chi connectivity index (χ0) is 39.0. The van der Waals surface area contributed by atoms with Crippen LogP contribution in [0.4, 0.5) is 13.2 Å². The summed E-state index contributed by atoms with van der Waals surface area (Å²) in [5.41, 5.74) is 6.78. The molecule has 1 aromatic heterocycles. The van der Waals surface area contributed by atoms with E-state index in [9.17, 15) is 33.4 Å². The largest absolute Gasteiger partial charge is 0.496 e. The van der Waals surface area contributed by atoms with Gasteiger partial charge in [-0.05, 0) is 103 Å². The number of halogens is 3. The SMILES string of the molecule is COc1cc(/C=C/c2cccc(-c3cccc(-c4nc5cc(CN6CC[C@@H](O)C6)cc(C#N)c5o4)c3C)c2C)c(C(F)(F)F)cc1CN1CC[C@@H](C(=O)O)C1. The maximum atomic E-state index is 14.5. The first kappa shape index (κ1) is 37.8. The first-order valence-corrected chi connectivity index (χ1v) is 18.2. The lowest BCUT2D eigenvalue weighted by molar-refractivity contribution is -0.141. The number of alkyl halides is 3. The zero-order valence-electron chi connectivity index (χ0n) is 30.8. The van der Waals surface area contributed by atoms with Gasteiger partial charge in [0.15, 0.2) is 5.58 Å². The van der Waals surface area contributed by atoms with E-state index in [1.54, 1.807) is 6.08 Å². The van der Waals surface area contributed by atoms with Gasteiger partial charge in [-0.2, -0.15) is 18.4 Å². The van der Waals surface area contributed by atoms with Crippen LogP contribution in [0.15, 0.2) is 65.1 Å². The van der Waals surface area contributed by atoms with Gasteiger partial charge in [-0.15, -0.1) is 0 Å². The Balaban J connectivity index is 1.19. The van der Waals surface area contributed by atoms with Gasteiger partial charge in [0.2, 0.25) is 5.89 Å². The summed E-state index contributed by atoms with van der Waals surface area (Å²) in [6.45, 7) is 6.74. The van der Waals surface area contributed by atoms with Crippen molar-refractivity contribution in [2.75, 3.05) is 33.3 Å². The van der Waals surface area contributed by atoms with E-state index in [1.807, 2.05) is 67.3 Å². The van der Waals surface area contributed by atoms with Crippen molar-refractivity contribution in [1.29, 1.82) is 5.26 Å². The normalized spacial score (nSPS) is 18.1. The number of carboxylic acids is 1. The fourth-order valence-electron chi connectivity index (χ4n) is 7.82. The van der Waals surface area contributed by atoms with Crippen LogP contribution >= 0.6 is 0 Å². The standard InChI is InChI=1S/C43H41F3N4O5/c1-25-28(10-11-29-19-39(54-3)32(18-37(29)43(44,45)46)23-50-14-12-30(22-50)42(52)53)6-4-7-34(25)35-8-5-9-36(26(35)2)41-48-38-17-27(16-31(20-47)40(38)55-41)21-49-15-13-33(51)24-49/h4-11,16-19,30,33,51H,12-15,21-24H2,1-3H3,(H,52,53)/b11-10+/t30-,33-/m1/s1. The molecule has 284 valence electrons. The van der Waals surface area contributed by atoms with Crippen LogP contribution in [0.2, 0.25) is 0 Å². The first-order chi connectivity index (χ1) is 26.3. The Labute approximate surface area is 316 Å². The molecule has 2 fully saturated rings. The predicted octanol–water partition coefficient (Wildman–Crippen LogP) is 8.32. The van der Waals surface area contributed by atoms with E-state index in [-0.39, 0.29) is 24.8 Å². The van der Waals surface area contributed by atoms with E-state index in [1.165, 1.54) is 19.3 Å². The molecule has 2 N–H and O–H groups in total. The van der Waals surface area contributed by atoms with Crippen molar-refractivity contribution in [3.05, 3.63) is 105 Å². The van der Waals surface area contributed by atoms with E-state index in [4.69, 9.17) is 14.1 Å². The molecule has 2 saturated heterocycles. The smallest absolute Gasteiger partial charge is 0.417 e. The number of rotatable bonds is 10. The summed E-state index contributed by atoms with van der Waals surface area (Å²) in [6, 6.07) is 19.9. The van der Waals surface area contributed by atoms with Crippen LogP contribution in [-0.2, 0) is 24.1 Å². The number of nitrogens with zero attached hydrogens (tertiary/aromatic N) is 4. The second-order valence-corrected chi connectivity index (χ2v) is 14.4. The number of hydrogen-bond acceptors (Lipinski definition) is 8. The minimum absolute atomic E-state index is 0.0465. The van der Waals surface area contributed by atoms with Crippen molar-refractivity contribution in [2.24, 2.45) is 5.92 Å². The van der Waals surface area contributed by atoms with Crippen molar-refractivity contribution in [3.8, 4) is 34.4 Å². The molecule has 55 heavy (non-hydrogen) atoms. The maximum absolute atomic E-state index is 14.5. The third-order valence-electron chi connectivity index (χ3n) is 10.8. The van der Waals surface area contributed by atoms with Gasteiger partial charge in [-0.25, -0.2) is 4.98 Å². The number of likely N-dealkylation sites (tertiary alicyclic amines) is 2. The van der Waals surface area contributed by atoms with E-state index in [0.717, 1.165) is 58.0 Å². The molecule has 0 unspecified atom stereocenters. The number of hydrogen-bond donors (Lipinski definition) is 2. The minimum Gasteiger partial charge on any atom is -0.496 e. The van der Waals surface area contributed by atoms with Gasteiger partial charge in [0.1, 0.15) is 17.3 Å². The predicted molar refractivity (Wildman–Crippen MR) is 203 cm³/mol. The topological polar surface area (TPSA) is 123 Å². The monoisotopic (exact) mass is 750 g/mol. The molecule has 2 atom stereocenters. The quantitative estimate of drug-likeness (QED) is 0.136. The van der Waals surface area contributed by atoms with Crippen LogP contribution in [0.5, 0.6) is 5.75 Å². The number of carboxylic acid groups (broad SMARTS) is 1. The number of aliphatic carboxylic acids is 1. The molecule has 12 heteroatoms. The van der Waals surface area contributed by atoms with E-state index in [2.05, 4.69) is 11.0 Å². The summed E-state index contributed by atoms with van der Waals surface area (Å²) in [6.07, 6.45) is -0.699. The third-order valence-corrected chi connectivity index (χ3v) is 10.8. The molecule has 3 heterocycles. The van der Waals surface area contributed by atoms with Crippen LogP contribution in [0.1, 0.15) is 57.3 Å². The summed E-state index contributed by atoms with van der Waals surface area (Å²) in [4.78, 5) is 20.2. The molecule has 0 aliphatic carbocycles. The molecular weight excluding hydrogens is 709 g/mol. The maximum Gasteiger partial charge on any atom is 0.417 e. The minimum atomic E-state index is -4.64. The number of nitriles is 1. The molecule has 4 aromatic carbocycles. The highest BCUT2D eigenvalue weighted by molar-refractivity contribution is 5.85. The number of aliphatic hydroxyl groups excluding tert-OH is 1. The number of fused-ring (bicyclic) bond motifs is 1. The van der Waals surface area contributed by atoms with Crippen LogP contribution in [-0.4, -0.2) is 70.4 Å². The van der Waals surface area contributed by atoms with E-state index < -0.39 is 23.6 Å². The molecule has 2 aliphatic rings. The molecule has 0 radical (unpaired) electrons. The van der Waals surface area contributed by atoms with Gasteiger partial charge >= 0.3 is 12.1 Å². The molecule has 0 saturated carbocycles. The lowest BCUT2D eigenvalue weighted by atomic mass is 9.91.